The van der Waals surface area contributed by atoms with Crippen molar-refractivity contribution in [1.29, 1.82) is 0 Å². The Balaban J connectivity index is 1.55. The first kappa shape index (κ1) is 15.6. The topological polar surface area (TPSA) is 89.9 Å². The van der Waals surface area contributed by atoms with Crippen LogP contribution < -0.4 is 10.1 Å². The number of carbonyl (C=O) groups excluding carboxylic acids is 1. The highest BCUT2D eigenvalue weighted by atomic mass is 32.1. The Morgan fingerprint density at radius 1 is 1.20 bits per heavy atom. The van der Waals surface area contributed by atoms with Gasteiger partial charge in [0.1, 0.15) is 11.4 Å². The van der Waals surface area contributed by atoms with Crippen molar-refractivity contribution >= 4 is 43.9 Å². The smallest absolute Gasteiger partial charge is 0.276 e. The van der Waals surface area contributed by atoms with Gasteiger partial charge in [-0.05, 0) is 24.3 Å². The number of anilines is 1. The summed E-state index contributed by atoms with van der Waals surface area (Å²) in [5.74, 6) is 0.934. The Morgan fingerprint density at radius 3 is 2.84 bits per heavy atom. The molecule has 0 saturated carbocycles. The molecule has 0 atom stereocenters. The predicted octanol–water partition coefficient (Wildman–Crippen LogP) is 3.47. The lowest BCUT2D eigenvalue weighted by Gasteiger charge is -1.97. The molecule has 124 valence electrons. The maximum absolute atomic E-state index is 12.4. The van der Waals surface area contributed by atoms with Crippen LogP contribution >= 0.6 is 22.7 Å². The van der Waals surface area contributed by atoms with Crippen LogP contribution in [0.15, 0.2) is 42.0 Å². The molecule has 0 spiro atoms. The van der Waals surface area contributed by atoms with Crippen LogP contribution in [0.25, 0.3) is 21.0 Å². The summed E-state index contributed by atoms with van der Waals surface area (Å²) in [4.78, 5) is 29.4. The van der Waals surface area contributed by atoms with E-state index in [4.69, 9.17) is 4.74 Å². The lowest BCUT2D eigenvalue weighted by Crippen LogP contribution is -2.12. The first-order chi connectivity index (χ1) is 12.2. The molecule has 4 rings (SSSR count). The normalized spacial score (nSPS) is 10.8. The highest BCUT2D eigenvalue weighted by Gasteiger charge is 2.15. The fourth-order valence-electron chi connectivity index (χ4n) is 2.14. The van der Waals surface area contributed by atoms with E-state index >= 15 is 0 Å². The van der Waals surface area contributed by atoms with Crippen molar-refractivity contribution in [3.8, 4) is 16.6 Å². The number of fused-ring (bicyclic) bond motifs is 1. The minimum atomic E-state index is -0.315. The minimum absolute atomic E-state index is 0.310. The third kappa shape index (κ3) is 3.19. The fourth-order valence-corrected chi connectivity index (χ4v) is 3.77. The van der Waals surface area contributed by atoms with Crippen molar-refractivity contribution in [2.24, 2.45) is 0 Å². The van der Waals surface area contributed by atoms with Crippen molar-refractivity contribution in [1.82, 2.24) is 19.9 Å². The molecule has 3 aromatic heterocycles. The second-order valence-electron chi connectivity index (χ2n) is 4.92. The van der Waals surface area contributed by atoms with Gasteiger partial charge in [0.15, 0.2) is 16.0 Å². The SMILES string of the molecule is COc1ccc2nc(NC(=O)c3csc(-c4ncccn4)n3)sc2c1. The Labute approximate surface area is 150 Å². The van der Waals surface area contributed by atoms with Crippen molar-refractivity contribution in [2.75, 3.05) is 12.4 Å². The average molecular weight is 369 g/mol. The van der Waals surface area contributed by atoms with Crippen molar-refractivity contribution < 1.29 is 9.53 Å². The van der Waals surface area contributed by atoms with Crippen molar-refractivity contribution in [2.45, 2.75) is 0 Å². The molecule has 0 saturated heterocycles. The van der Waals surface area contributed by atoms with Gasteiger partial charge in [0.2, 0.25) is 0 Å². The molecular weight excluding hydrogens is 358 g/mol. The molecule has 7 nitrogen and oxygen atoms in total. The summed E-state index contributed by atoms with van der Waals surface area (Å²) in [7, 11) is 1.61. The lowest BCUT2D eigenvalue weighted by molar-refractivity contribution is 0.102. The molecule has 0 aliphatic heterocycles. The number of rotatable bonds is 4. The summed E-state index contributed by atoms with van der Waals surface area (Å²) in [6, 6.07) is 7.30. The van der Waals surface area contributed by atoms with Gasteiger partial charge in [-0.3, -0.25) is 10.1 Å². The second-order valence-corrected chi connectivity index (χ2v) is 6.81. The highest BCUT2D eigenvalue weighted by Crippen LogP contribution is 2.29. The summed E-state index contributed by atoms with van der Waals surface area (Å²) >= 11 is 2.70. The molecule has 9 heteroatoms. The van der Waals surface area contributed by atoms with Crippen LogP contribution in [-0.4, -0.2) is 33.0 Å². The van der Waals surface area contributed by atoms with E-state index in [1.807, 2.05) is 18.2 Å². The lowest BCUT2D eigenvalue weighted by atomic mass is 10.3. The molecule has 0 bridgehead atoms. The van der Waals surface area contributed by atoms with E-state index in [-0.39, 0.29) is 5.91 Å². The summed E-state index contributed by atoms with van der Waals surface area (Å²) in [6.07, 6.45) is 3.28. The number of nitrogens with one attached hydrogen (secondary N) is 1. The van der Waals surface area contributed by atoms with Gasteiger partial charge in [-0.15, -0.1) is 11.3 Å². The molecule has 1 amide bonds. The molecule has 3 heterocycles. The zero-order valence-corrected chi connectivity index (χ0v) is 14.6. The Morgan fingerprint density at radius 2 is 2.04 bits per heavy atom. The average Bonchev–Trinajstić information content (AvgIpc) is 3.28. The van der Waals surface area contributed by atoms with Crippen molar-refractivity contribution in [3.05, 3.63) is 47.7 Å². The third-order valence-corrected chi connectivity index (χ3v) is 5.08. The standard InChI is InChI=1S/C16H11N5O2S2/c1-23-9-3-4-10-12(7-9)25-16(20-10)21-14(22)11-8-24-15(19-11)13-17-5-2-6-18-13/h2-8H,1H3,(H,20,21,22). The van der Waals surface area contributed by atoms with E-state index in [1.165, 1.54) is 22.7 Å². The van der Waals surface area contributed by atoms with Gasteiger partial charge >= 0.3 is 0 Å². The van der Waals surface area contributed by atoms with Gasteiger partial charge in [-0.2, -0.15) is 0 Å². The van der Waals surface area contributed by atoms with E-state index < -0.39 is 0 Å². The molecule has 0 aliphatic carbocycles. The number of carbonyl (C=O) groups is 1. The van der Waals surface area contributed by atoms with E-state index in [2.05, 4.69) is 25.3 Å². The van der Waals surface area contributed by atoms with Gasteiger partial charge in [-0.25, -0.2) is 19.9 Å². The van der Waals surface area contributed by atoms with Crippen LogP contribution in [0.5, 0.6) is 5.75 Å². The van der Waals surface area contributed by atoms with Crippen LogP contribution in [0, 0.1) is 0 Å². The summed E-state index contributed by atoms with van der Waals surface area (Å²) in [6.45, 7) is 0. The third-order valence-electron chi connectivity index (χ3n) is 3.31. The summed E-state index contributed by atoms with van der Waals surface area (Å²) < 4.78 is 6.13. The molecule has 0 aliphatic rings. The quantitative estimate of drug-likeness (QED) is 0.592. The molecule has 0 fully saturated rings. The van der Waals surface area contributed by atoms with Crippen LogP contribution in [0.3, 0.4) is 0 Å². The predicted molar refractivity (Wildman–Crippen MR) is 97.3 cm³/mol. The number of thiazole rings is 2. The molecule has 1 aromatic carbocycles. The molecule has 1 N–H and O–H groups in total. The summed E-state index contributed by atoms with van der Waals surface area (Å²) in [5.41, 5.74) is 1.11. The second kappa shape index (κ2) is 6.54. The number of ether oxygens (including phenoxy) is 1. The van der Waals surface area contributed by atoms with E-state index in [1.54, 1.807) is 30.9 Å². The largest absolute Gasteiger partial charge is 0.497 e. The van der Waals surface area contributed by atoms with Gasteiger partial charge in [0.05, 0.1) is 17.3 Å². The number of methoxy groups -OCH3 is 1. The number of hydrogen-bond donors (Lipinski definition) is 1. The summed E-state index contributed by atoms with van der Waals surface area (Å²) in [5, 5.41) is 5.57. The van der Waals surface area contributed by atoms with Gasteiger partial charge in [-0.1, -0.05) is 11.3 Å². The van der Waals surface area contributed by atoms with Crippen LogP contribution in [0.4, 0.5) is 5.13 Å². The maximum atomic E-state index is 12.4. The number of nitrogens with zero attached hydrogens (tertiary/aromatic N) is 4. The number of amides is 1. The number of benzene rings is 1. The van der Waals surface area contributed by atoms with E-state index in [0.29, 0.717) is 21.7 Å². The zero-order valence-electron chi connectivity index (χ0n) is 13.0. The monoisotopic (exact) mass is 369 g/mol. The molecule has 0 radical (unpaired) electrons. The van der Waals surface area contributed by atoms with Crippen molar-refractivity contribution in [3.63, 3.8) is 0 Å². The van der Waals surface area contributed by atoms with Gasteiger partial charge in [0.25, 0.3) is 5.91 Å². The van der Waals surface area contributed by atoms with E-state index in [0.717, 1.165) is 16.0 Å². The van der Waals surface area contributed by atoms with Gasteiger partial charge < -0.3 is 4.74 Å². The Kier molecular flexibility index (Phi) is 4.08. The number of aromatic nitrogens is 4. The van der Waals surface area contributed by atoms with Crippen LogP contribution in [0.1, 0.15) is 10.5 Å². The first-order valence-corrected chi connectivity index (χ1v) is 8.91. The Bertz CT molecular complexity index is 1050. The molecule has 0 unspecified atom stereocenters. The van der Waals surface area contributed by atoms with Gasteiger partial charge in [0, 0.05) is 17.8 Å². The maximum Gasteiger partial charge on any atom is 0.276 e. The van der Waals surface area contributed by atoms with Crippen LogP contribution in [0.2, 0.25) is 0 Å². The van der Waals surface area contributed by atoms with Crippen LogP contribution in [-0.2, 0) is 0 Å². The molecule has 4 aromatic rings. The van der Waals surface area contributed by atoms with E-state index in [9.17, 15) is 4.79 Å². The minimum Gasteiger partial charge on any atom is -0.497 e. The number of hydrogen-bond acceptors (Lipinski definition) is 8. The fraction of sp³-hybridized carbons (Fsp3) is 0.0625. The molecule has 25 heavy (non-hydrogen) atoms. The zero-order chi connectivity index (χ0) is 17.2. The molecular formula is C16H11N5O2S2. The first-order valence-electron chi connectivity index (χ1n) is 7.22. The Hall–Kier alpha value is -2.91. The highest BCUT2D eigenvalue weighted by molar-refractivity contribution is 7.22.